The van der Waals surface area contributed by atoms with Crippen LogP contribution in [0.5, 0.6) is 0 Å². The Hall–Kier alpha value is -2.87. The summed E-state index contributed by atoms with van der Waals surface area (Å²) in [6.45, 7) is 0. The SMILES string of the molecule is N#Cc1ccc(/C=N\NC(=O)c2ccco2)cc1. The fraction of sp³-hybridized carbons (Fsp3) is 0. The van der Waals surface area contributed by atoms with Crippen molar-refractivity contribution in [3.8, 4) is 6.07 Å². The summed E-state index contributed by atoms with van der Waals surface area (Å²) in [7, 11) is 0. The van der Waals surface area contributed by atoms with Gasteiger partial charge in [0.25, 0.3) is 0 Å². The lowest BCUT2D eigenvalue weighted by atomic mass is 10.2. The fourth-order valence-corrected chi connectivity index (χ4v) is 1.27. The Kier molecular flexibility index (Phi) is 3.52. The number of rotatable bonds is 3. The van der Waals surface area contributed by atoms with Gasteiger partial charge in [-0.25, -0.2) is 5.43 Å². The van der Waals surface area contributed by atoms with Crippen LogP contribution in [0.3, 0.4) is 0 Å². The molecule has 0 fully saturated rings. The monoisotopic (exact) mass is 239 g/mol. The topological polar surface area (TPSA) is 78.4 Å². The maximum absolute atomic E-state index is 11.4. The van der Waals surface area contributed by atoms with E-state index in [0.29, 0.717) is 5.56 Å². The van der Waals surface area contributed by atoms with E-state index in [1.165, 1.54) is 12.5 Å². The van der Waals surface area contributed by atoms with Crippen molar-refractivity contribution in [1.82, 2.24) is 5.43 Å². The van der Waals surface area contributed by atoms with Crippen molar-refractivity contribution in [1.29, 1.82) is 5.26 Å². The molecule has 0 bridgehead atoms. The van der Waals surface area contributed by atoms with Gasteiger partial charge in [0.15, 0.2) is 5.76 Å². The number of hydrogen-bond donors (Lipinski definition) is 1. The van der Waals surface area contributed by atoms with Gasteiger partial charge < -0.3 is 4.42 Å². The molecule has 1 heterocycles. The largest absolute Gasteiger partial charge is 0.459 e. The molecule has 18 heavy (non-hydrogen) atoms. The number of carbonyl (C=O) groups excluding carboxylic acids is 1. The molecule has 2 aromatic rings. The number of nitrogens with zero attached hydrogens (tertiary/aromatic N) is 2. The highest BCUT2D eigenvalue weighted by molar-refractivity contribution is 5.92. The van der Waals surface area contributed by atoms with Crippen LogP contribution >= 0.6 is 0 Å². The van der Waals surface area contributed by atoms with Crippen molar-refractivity contribution >= 4 is 12.1 Å². The molecule has 0 spiro atoms. The number of nitriles is 1. The summed E-state index contributed by atoms with van der Waals surface area (Å²) in [6, 6.07) is 12.0. The van der Waals surface area contributed by atoms with Gasteiger partial charge in [-0.1, -0.05) is 12.1 Å². The van der Waals surface area contributed by atoms with Gasteiger partial charge in [-0.05, 0) is 29.8 Å². The first-order valence-electron chi connectivity index (χ1n) is 5.16. The molecule has 1 N–H and O–H groups in total. The highest BCUT2D eigenvalue weighted by Gasteiger charge is 2.05. The van der Waals surface area contributed by atoms with Crippen molar-refractivity contribution < 1.29 is 9.21 Å². The van der Waals surface area contributed by atoms with Crippen LogP contribution in [-0.4, -0.2) is 12.1 Å². The average Bonchev–Trinajstić information content (AvgIpc) is 2.93. The van der Waals surface area contributed by atoms with Crippen molar-refractivity contribution in [3.63, 3.8) is 0 Å². The van der Waals surface area contributed by atoms with Crippen molar-refractivity contribution in [2.24, 2.45) is 5.10 Å². The summed E-state index contributed by atoms with van der Waals surface area (Å²) in [4.78, 5) is 11.4. The molecule has 0 radical (unpaired) electrons. The molecular weight excluding hydrogens is 230 g/mol. The fourth-order valence-electron chi connectivity index (χ4n) is 1.27. The van der Waals surface area contributed by atoms with E-state index in [-0.39, 0.29) is 5.76 Å². The molecule has 0 aliphatic carbocycles. The molecule has 1 aromatic heterocycles. The van der Waals surface area contributed by atoms with Crippen LogP contribution in [0.1, 0.15) is 21.7 Å². The number of carbonyl (C=O) groups is 1. The normalized spacial score (nSPS) is 10.2. The van der Waals surface area contributed by atoms with Crippen LogP contribution in [-0.2, 0) is 0 Å². The lowest BCUT2D eigenvalue weighted by Gasteiger charge is -1.95. The van der Waals surface area contributed by atoms with E-state index in [4.69, 9.17) is 9.68 Å². The molecule has 0 atom stereocenters. The third-order valence-electron chi connectivity index (χ3n) is 2.16. The second kappa shape index (κ2) is 5.46. The summed E-state index contributed by atoms with van der Waals surface area (Å²) < 4.78 is 4.91. The standard InChI is InChI=1S/C13H9N3O2/c14-8-10-3-5-11(6-4-10)9-15-16-13(17)12-2-1-7-18-12/h1-7,9H,(H,16,17)/b15-9-. The van der Waals surface area contributed by atoms with Gasteiger partial charge in [0.2, 0.25) is 0 Å². The molecule has 0 saturated carbocycles. The number of amides is 1. The van der Waals surface area contributed by atoms with Gasteiger partial charge in [-0.15, -0.1) is 0 Å². The Bertz CT molecular complexity index is 592. The van der Waals surface area contributed by atoms with Crippen LogP contribution in [0.2, 0.25) is 0 Å². The highest BCUT2D eigenvalue weighted by Crippen LogP contribution is 2.01. The Morgan fingerprint density at radius 1 is 1.33 bits per heavy atom. The predicted octanol–water partition coefficient (Wildman–Crippen LogP) is 1.92. The smallest absolute Gasteiger partial charge is 0.307 e. The van der Waals surface area contributed by atoms with Crippen LogP contribution < -0.4 is 5.43 Å². The predicted molar refractivity (Wildman–Crippen MR) is 64.9 cm³/mol. The van der Waals surface area contributed by atoms with E-state index in [2.05, 4.69) is 10.5 Å². The van der Waals surface area contributed by atoms with E-state index in [9.17, 15) is 4.79 Å². The molecule has 1 amide bonds. The Balaban J connectivity index is 1.95. The molecule has 0 unspecified atom stereocenters. The quantitative estimate of drug-likeness (QED) is 0.656. The Morgan fingerprint density at radius 2 is 2.11 bits per heavy atom. The minimum absolute atomic E-state index is 0.201. The van der Waals surface area contributed by atoms with Gasteiger partial charge in [0, 0.05) is 0 Å². The summed E-state index contributed by atoms with van der Waals surface area (Å²) in [5.74, 6) is -0.211. The molecule has 5 nitrogen and oxygen atoms in total. The summed E-state index contributed by atoms with van der Waals surface area (Å²) >= 11 is 0. The second-order valence-electron chi connectivity index (χ2n) is 3.41. The maximum Gasteiger partial charge on any atom is 0.307 e. The minimum atomic E-state index is -0.412. The lowest BCUT2D eigenvalue weighted by Crippen LogP contribution is -2.16. The molecule has 0 aliphatic rings. The summed E-state index contributed by atoms with van der Waals surface area (Å²) in [5.41, 5.74) is 3.70. The van der Waals surface area contributed by atoms with Gasteiger partial charge in [0.1, 0.15) is 0 Å². The maximum atomic E-state index is 11.4. The highest BCUT2D eigenvalue weighted by atomic mass is 16.3. The number of hydrogen-bond acceptors (Lipinski definition) is 4. The molecule has 0 saturated heterocycles. The zero-order valence-electron chi connectivity index (χ0n) is 9.33. The van der Waals surface area contributed by atoms with E-state index in [1.807, 2.05) is 6.07 Å². The van der Waals surface area contributed by atoms with Crippen LogP contribution in [0.25, 0.3) is 0 Å². The third-order valence-corrected chi connectivity index (χ3v) is 2.16. The van der Waals surface area contributed by atoms with E-state index in [0.717, 1.165) is 5.56 Å². The van der Waals surface area contributed by atoms with E-state index < -0.39 is 5.91 Å². The molecule has 0 aliphatic heterocycles. The summed E-state index contributed by atoms with van der Waals surface area (Å²) in [6.07, 6.45) is 2.90. The van der Waals surface area contributed by atoms with Gasteiger partial charge in [-0.3, -0.25) is 4.79 Å². The minimum Gasteiger partial charge on any atom is -0.459 e. The van der Waals surface area contributed by atoms with Crippen molar-refractivity contribution in [3.05, 3.63) is 59.5 Å². The molecule has 2 rings (SSSR count). The van der Waals surface area contributed by atoms with Gasteiger partial charge in [-0.2, -0.15) is 10.4 Å². The molecule has 5 heteroatoms. The van der Waals surface area contributed by atoms with Crippen LogP contribution in [0.4, 0.5) is 0 Å². The van der Waals surface area contributed by atoms with Crippen LogP contribution in [0.15, 0.2) is 52.2 Å². The first-order chi connectivity index (χ1) is 8.79. The number of benzene rings is 1. The van der Waals surface area contributed by atoms with Gasteiger partial charge in [0.05, 0.1) is 24.1 Å². The zero-order valence-corrected chi connectivity index (χ0v) is 9.33. The van der Waals surface area contributed by atoms with Crippen LogP contribution in [0, 0.1) is 11.3 Å². The Morgan fingerprint density at radius 3 is 2.72 bits per heavy atom. The van der Waals surface area contributed by atoms with E-state index in [1.54, 1.807) is 36.4 Å². The molecule has 88 valence electrons. The van der Waals surface area contributed by atoms with E-state index >= 15 is 0 Å². The summed E-state index contributed by atoms with van der Waals surface area (Å²) in [5, 5.41) is 12.4. The first-order valence-corrected chi connectivity index (χ1v) is 5.16. The number of hydrazone groups is 1. The number of nitrogens with one attached hydrogen (secondary N) is 1. The Labute approximate surface area is 103 Å². The molecular formula is C13H9N3O2. The second-order valence-corrected chi connectivity index (χ2v) is 3.41. The zero-order chi connectivity index (χ0) is 12.8. The molecule has 1 aromatic carbocycles. The number of furan rings is 1. The van der Waals surface area contributed by atoms with Crippen molar-refractivity contribution in [2.75, 3.05) is 0 Å². The lowest BCUT2D eigenvalue weighted by molar-refractivity contribution is 0.0927. The third kappa shape index (κ3) is 2.83. The van der Waals surface area contributed by atoms with Gasteiger partial charge >= 0.3 is 5.91 Å². The first kappa shape index (κ1) is 11.6. The van der Waals surface area contributed by atoms with Crippen molar-refractivity contribution in [2.45, 2.75) is 0 Å². The average molecular weight is 239 g/mol.